The second-order valence-electron chi connectivity index (χ2n) is 5.44. The predicted octanol–water partition coefficient (Wildman–Crippen LogP) is 4.50. The van der Waals surface area contributed by atoms with Crippen molar-refractivity contribution in [3.05, 3.63) is 69.9 Å². The molecular formula is C20H17N3O2S. The molecule has 130 valence electrons. The molecule has 26 heavy (non-hydrogen) atoms. The highest BCUT2D eigenvalue weighted by Gasteiger charge is 2.08. The van der Waals surface area contributed by atoms with Crippen molar-refractivity contribution in [2.75, 3.05) is 7.11 Å². The Hall–Kier alpha value is -3.17. The highest BCUT2D eigenvalue weighted by molar-refractivity contribution is 7.09. The van der Waals surface area contributed by atoms with E-state index in [1.54, 1.807) is 36.8 Å². The number of methoxy groups -OCH3 is 1. The zero-order valence-corrected chi connectivity index (χ0v) is 15.3. The molecule has 0 amide bonds. The number of rotatable bonds is 6. The van der Waals surface area contributed by atoms with Gasteiger partial charge in [-0.05, 0) is 42.8 Å². The van der Waals surface area contributed by atoms with Crippen LogP contribution in [0.5, 0.6) is 11.5 Å². The Kier molecular flexibility index (Phi) is 5.62. The summed E-state index contributed by atoms with van der Waals surface area (Å²) in [5.41, 5.74) is 2.84. The highest BCUT2D eigenvalue weighted by atomic mass is 32.1. The molecule has 0 saturated heterocycles. The minimum Gasteiger partial charge on any atom is -0.493 e. The normalized spacial score (nSPS) is 11.0. The predicted molar refractivity (Wildman–Crippen MR) is 102 cm³/mol. The van der Waals surface area contributed by atoms with Crippen LogP contribution in [0.4, 0.5) is 0 Å². The van der Waals surface area contributed by atoms with Crippen LogP contribution >= 0.6 is 11.3 Å². The maximum Gasteiger partial charge on any atom is 0.161 e. The van der Waals surface area contributed by atoms with Gasteiger partial charge in [-0.15, -0.1) is 11.3 Å². The van der Waals surface area contributed by atoms with E-state index >= 15 is 0 Å². The Morgan fingerprint density at radius 3 is 2.81 bits per heavy atom. The van der Waals surface area contributed by atoms with E-state index in [0.717, 1.165) is 16.3 Å². The zero-order chi connectivity index (χ0) is 18.4. The number of allylic oxidation sites excluding steroid dienone is 1. The highest BCUT2D eigenvalue weighted by Crippen LogP contribution is 2.30. The molecule has 0 saturated carbocycles. The average molecular weight is 363 g/mol. The molecule has 0 aliphatic rings. The lowest BCUT2D eigenvalue weighted by atomic mass is 10.1. The largest absolute Gasteiger partial charge is 0.493 e. The van der Waals surface area contributed by atoms with Crippen LogP contribution in [0.1, 0.15) is 22.0 Å². The SMILES string of the molecule is COc1cc(C=C(C#N)c2ccccn2)ccc1OCc1csc(C)n1. The van der Waals surface area contributed by atoms with Crippen LogP contribution in [0.25, 0.3) is 11.6 Å². The number of nitriles is 1. The zero-order valence-electron chi connectivity index (χ0n) is 14.5. The number of hydrogen-bond donors (Lipinski definition) is 0. The van der Waals surface area contributed by atoms with E-state index in [2.05, 4.69) is 16.0 Å². The van der Waals surface area contributed by atoms with E-state index in [0.29, 0.717) is 29.4 Å². The quantitative estimate of drug-likeness (QED) is 0.603. The number of ether oxygens (including phenoxy) is 2. The first kappa shape index (κ1) is 17.6. The first-order valence-electron chi connectivity index (χ1n) is 7.94. The number of pyridine rings is 1. The molecule has 0 aliphatic carbocycles. The molecule has 5 nitrogen and oxygen atoms in total. The van der Waals surface area contributed by atoms with Gasteiger partial charge in [0.25, 0.3) is 0 Å². The molecule has 3 rings (SSSR count). The molecule has 1 aromatic carbocycles. The van der Waals surface area contributed by atoms with Gasteiger partial charge in [0.1, 0.15) is 12.7 Å². The molecule has 0 bridgehead atoms. The van der Waals surface area contributed by atoms with E-state index in [1.165, 1.54) is 0 Å². The summed E-state index contributed by atoms with van der Waals surface area (Å²) in [5, 5.41) is 12.4. The molecule has 0 fully saturated rings. The number of hydrogen-bond acceptors (Lipinski definition) is 6. The van der Waals surface area contributed by atoms with Crippen LogP contribution in [-0.2, 0) is 6.61 Å². The first-order valence-corrected chi connectivity index (χ1v) is 8.82. The lowest BCUT2D eigenvalue weighted by Crippen LogP contribution is -1.98. The van der Waals surface area contributed by atoms with Gasteiger partial charge in [0, 0.05) is 11.6 Å². The minimum atomic E-state index is 0.382. The Bertz CT molecular complexity index is 959. The molecule has 0 spiro atoms. The molecule has 0 aliphatic heterocycles. The summed E-state index contributed by atoms with van der Waals surface area (Å²) < 4.78 is 11.2. The third-order valence-electron chi connectivity index (χ3n) is 3.60. The second-order valence-corrected chi connectivity index (χ2v) is 6.50. The third kappa shape index (κ3) is 4.26. The van der Waals surface area contributed by atoms with E-state index in [4.69, 9.17) is 9.47 Å². The number of thiazole rings is 1. The van der Waals surface area contributed by atoms with Gasteiger partial charge >= 0.3 is 0 Å². The summed E-state index contributed by atoms with van der Waals surface area (Å²) >= 11 is 1.59. The van der Waals surface area contributed by atoms with Gasteiger partial charge in [-0.25, -0.2) is 4.98 Å². The van der Waals surface area contributed by atoms with Crippen molar-refractivity contribution in [1.29, 1.82) is 5.26 Å². The average Bonchev–Trinajstić information content (AvgIpc) is 3.10. The number of benzene rings is 1. The van der Waals surface area contributed by atoms with Crippen LogP contribution in [0.3, 0.4) is 0 Å². The molecule has 2 aromatic heterocycles. The smallest absolute Gasteiger partial charge is 0.161 e. The Morgan fingerprint density at radius 2 is 2.15 bits per heavy atom. The van der Waals surface area contributed by atoms with Gasteiger partial charge in [0.15, 0.2) is 11.5 Å². The van der Waals surface area contributed by atoms with Gasteiger partial charge in [0.05, 0.1) is 29.1 Å². The van der Waals surface area contributed by atoms with Crippen molar-refractivity contribution < 1.29 is 9.47 Å². The van der Waals surface area contributed by atoms with Crippen LogP contribution < -0.4 is 9.47 Å². The fourth-order valence-corrected chi connectivity index (χ4v) is 2.97. The van der Waals surface area contributed by atoms with Gasteiger partial charge in [-0.2, -0.15) is 5.26 Å². The molecular weight excluding hydrogens is 346 g/mol. The molecule has 3 aromatic rings. The Balaban J connectivity index is 1.82. The number of aryl methyl sites for hydroxylation is 1. The summed E-state index contributed by atoms with van der Waals surface area (Å²) in [6, 6.07) is 13.2. The molecule has 0 unspecified atom stereocenters. The van der Waals surface area contributed by atoms with E-state index in [1.807, 2.05) is 42.6 Å². The molecule has 0 atom stereocenters. The Morgan fingerprint density at radius 1 is 1.27 bits per heavy atom. The molecule has 2 heterocycles. The van der Waals surface area contributed by atoms with E-state index < -0.39 is 0 Å². The fourth-order valence-electron chi connectivity index (χ4n) is 2.37. The van der Waals surface area contributed by atoms with Gasteiger partial charge in [-0.1, -0.05) is 12.1 Å². The standard InChI is InChI=1S/C20H17N3O2S/c1-14-23-17(13-26-14)12-25-19-7-6-15(10-20(19)24-2)9-16(11-21)18-5-3-4-8-22-18/h3-10,13H,12H2,1-2H3. The van der Waals surface area contributed by atoms with E-state index in [9.17, 15) is 5.26 Å². The third-order valence-corrected chi connectivity index (χ3v) is 4.42. The van der Waals surface area contributed by atoms with Gasteiger partial charge in [-0.3, -0.25) is 4.98 Å². The maximum absolute atomic E-state index is 9.41. The van der Waals surface area contributed by atoms with Crippen molar-refractivity contribution in [2.24, 2.45) is 0 Å². The summed E-state index contributed by atoms with van der Waals surface area (Å²) in [7, 11) is 1.59. The maximum atomic E-state index is 9.41. The van der Waals surface area contributed by atoms with Crippen molar-refractivity contribution in [3.8, 4) is 17.6 Å². The number of nitrogens with zero attached hydrogens (tertiary/aromatic N) is 3. The van der Waals surface area contributed by atoms with Crippen molar-refractivity contribution in [2.45, 2.75) is 13.5 Å². The van der Waals surface area contributed by atoms with Crippen molar-refractivity contribution >= 4 is 23.0 Å². The monoisotopic (exact) mass is 363 g/mol. The fraction of sp³-hybridized carbons (Fsp3) is 0.150. The van der Waals surface area contributed by atoms with Crippen LogP contribution in [0.15, 0.2) is 48.0 Å². The summed E-state index contributed by atoms with van der Waals surface area (Å²) in [5.74, 6) is 1.23. The van der Waals surface area contributed by atoms with Gasteiger partial charge in [0.2, 0.25) is 0 Å². The van der Waals surface area contributed by atoms with Crippen molar-refractivity contribution in [3.63, 3.8) is 0 Å². The molecule has 0 radical (unpaired) electrons. The minimum absolute atomic E-state index is 0.382. The second kappa shape index (κ2) is 8.28. The van der Waals surface area contributed by atoms with Crippen LogP contribution in [0.2, 0.25) is 0 Å². The van der Waals surface area contributed by atoms with Gasteiger partial charge < -0.3 is 9.47 Å². The lowest BCUT2D eigenvalue weighted by Gasteiger charge is -2.10. The van der Waals surface area contributed by atoms with Crippen LogP contribution in [0, 0.1) is 18.3 Å². The van der Waals surface area contributed by atoms with E-state index in [-0.39, 0.29) is 0 Å². The van der Waals surface area contributed by atoms with Crippen LogP contribution in [-0.4, -0.2) is 17.1 Å². The number of aromatic nitrogens is 2. The Labute approximate surface area is 156 Å². The summed E-state index contributed by atoms with van der Waals surface area (Å²) in [4.78, 5) is 8.60. The topological polar surface area (TPSA) is 68.0 Å². The summed E-state index contributed by atoms with van der Waals surface area (Å²) in [6.07, 6.45) is 3.44. The van der Waals surface area contributed by atoms with Crippen molar-refractivity contribution in [1.82, 2.24) is 9.97 Å². The molecule has 0 N–H and O–H groups in total. The molecule has 6 heteroatoms. The first-order chi connectivity index (χ1) is 12.7. The summed E-state index contributed by atoms with van der Waals surface area (Å²) in [6.45, 7) is 2.34. The lowest BCUT2D eigenvalue weighted by molar-refractivity contribution is 0.281.